The molecule has 0 bridgehead atoms. The van der Waals surface area contributed by atoms with Crippen LogP contribution in [-0.4, -0.2) is 20.4 Å². The maximum absolute atomic E-state index is 10.8. The topological polar surface area (TPSA) is 80.9 Å². The van der Waals surface area contributed by atoms with Gasteiger partial charge < -0.3 is 20.4 Å². The van der Waals surface area contributed by atoms with Crippen LogP contribution in [-0.2, 0) is 19.3 Å². The van der Waals surface area contributed by atoms with Gasteiger partial charge in [0.15, 0.2) is 0 Å². The zero-order valence-corrected chi connectivity index (χ0v) is 22.5. The maximum atomic E-state index is 10.8. The fourth-order valence-electron chi connectivity index (χ4n) is 5.09. The number of benzene rings is 4. The molecule has 4 aromatic carbocycles. The molecule has 4 rings (SSSR count). The standard InChI is InChI=1S/C33H36O4/c1-18-11-30(34)20(3)9-26(18)16-28-14-24(7-22(5)32(28)36)13-25-8-23(6)33(37)29(15-25)17-27-10-21(4)31(35)12-19(27)2/h7-12,14-15,34-37H,13,16-17H2,1-6H3. The van der Waals surface area contributed by atoms with E-state index in [4.69, 9.17) is 0 Å². The van der Waals surface area contributed by atoms with Crippen molar-refractivity contribution >= 4 is 0 Å². The van der Waals surface area contributed by atoms with Gasteiger partial charge in [-0.3, -0.25) is 0 Å². The van der Waals surface area contributed by atoms with Gasteiger partial charge in [-0.1, -0.05) is 36.4 Å². The highest BCUT2D eigenvalue weighted by Crippen LogP contribution is 2.33. The summed E-state index contributed by atoms with van der Waals surface area (Å²) in [5, 5.41) is 41.7. The molecule has 4 N–H and O–H groups in total. The third-order valence-corrected chi connectivity index (χ3v) is 7.36. The number of phenols is 4. The van der Waals surface area contributed by atoms with Crippen LogP contribution in [0.1, 0.15) is 66.8 Å². The van der Waals surface area contributed by atoms with E-state index >= 15 is 0 Å². The summed E-state index contributed by atoms with van der Waals surface area (Å²) < 4.78 is 0. The molecule has 0 saturated heterocycles. The van der Waals surface area contributed by atoms with E-state index in [2.05, 4.69) is 12.1 Å². The molecule has 0 atom stereocenters. The van der Waals surface area contributed by atoms with Crippen LogP contribution in [0.3, 0.4) is 0 Å². The molecule has 0 aliphatic carbocycles. The Labute approximate surface area is 219 Å². The van der Waals surface area contributed by atoms with E-state index < -0.39 is 0 Å². The smallest absolute Gasteiger partial charge is 0.122 e. The first-order chi connectivity index (χ1) is 17.4. The van der Waals surface area contributed by atoms with Crippen molar-refractivity contribution in [1.29, 1.82) is 0 Å². The molecule has 192 valence electrons. The molecular weight excluding hydrogens is 460 g/mol. The average Bonchev–Trinajstić information content (AvgIpc) is 2.82. The highest BCUT2D eigenvalue weighted by Gasteiger charge is 2.14. The second kappa shape index (κ2) is 10.2. The molecule has 0 heterocycles. The molecule has 0 fully saturated rings. The zero-order valence-electron chi connectivity index (χ0n) is 22.5. The van der Waals surface area contributed by atoms with E-state index in [1.165, 1.54) is 0 Å². The van der Waals surface area contributed by atoms with Crippen molar-refractivity contribution in [2.75, 3.05) is 0 Å². The molecule has 0 unspecified atom stereocenters. The Balaban J connectivity index is 1.66. The minimum atomic E-state index is 0.284. The third kappa shape index (κ3) is 5.59. The molecule has 0 amide bonds. The van der Waals surface area contributed by atoms with Crippen molar-refractivity contribution in [3.8, 4) is 23.0 Å². The first-order valence-electron chi connectivity index (χ1n) is 12.6. The summed E-state index contributed by atoms with van der Waals surface area (Å²) in [7, 11) is 0. The van der Waals surface area contributed by atoms with Crippen molar-refractivity contribution in [1.82, 2.24) is 0 Å². The van der Waals surface area contributed by atoms with Gasteiger partial charge in [-0.15, -0.1) is 0 Å². The van der Waals surface area contributed by atoms with Crippen LogP contribution in [0.15, 0.2) is 48.5 Å². The first-order valence-corrected chi connectivity index (χ1v) is 12.6. The van der Waals surface area contributed by atoms with Crippen molar-refractivity contribution in [2.45, 2.75) is 60.8 Å². The Morgan fingerprint density at radius 3 is 1.14 bits per heavy atom. The van der Waals surface area contributed by atoms with Crippen LogP contribution in [0.25, 0.3) is 0 Å². The van der Waals surface area contributed by atoms with E-state index in [0.717, 1.165) is 66.8 Å². The molecular formula is C33H36O4. The lowest BCUT2D eigenvalue weighted by molar-refractivity contribution is 0.464. The molecule has 4 aromatic rings. The average molecular weight is 497 g/mol. The second-order valence-electron chi connectivity index (χ2n) is 10.5. The number of phenolic OH excluding ortho intramolecular Hbond substituents is 4. The number of hydrogen-bond donors (Lipinski definition) is 4. The Bertz CT molecular complexity index is 1380. The van der Waals surface area contributed by atoms with Gasteiger partial charge in [0.1, 0.15) is 23.0 Å². The number of aromatic hydroxyl groups is 4. The van der Waals surface area contributed by atoms with Gasteiger partial charge in [0.05, 0.1) is 0 Å². The van der Waals surface area contributed by atoms with Gasteiger partial charge in [0.25, 0.3) is 0 Å². The lowest BCUT2D eigenvalue weighted by Crippen LogP contribution is -2.00. The van der Waals surface area contributed by atoms with Gasteiger partial charge in [-0.2, -0.15) is 0 Å². The lowest BCUT2D eigenvalue weighted by Gasteiger charge is -2.16. The normalized spacial score (nSPS) is 11.2. The summed E-state index contributed by atoms with van der Waals surface area (Å²) >= 11 is 0. The van der Waals surface area contributed by atoms with Gasteiger partial charge >= 0.3 is 0 Å². The minimum Gasteiger partial charge on any atom is -0.508 e. The lowest BCUT2D eigenvalue weighted by atomic mass is 9.91. The highest BCUT2D eigenvalue weighted by atomic mass is 16.3. The monoisotopic (exact) mass is 496 g/mol. The van der Waals surface area contributed by atoms with Gasteiger partial charge in [0.2, 0.25) is 0 Å². The summed E-state index contributed by atoms with van der Waals surface area (Å²) in [4.78, 5) is 0. The Morgan fingerprint density at radius 2 is 0.757 bits per heavy atom. The van der Waals surface area contributed by atoms with E-state index in [9.17, 15) is 20.4 Å². The molecule has 37 heavy (non-hydrogen) atoms. The van der Waals surface area contributed by atoms with Crippen molar-refractivity contribution in [2.24, 2.45) is 0 Å². The summed E-state index contributed by atoms with van der Waals surface area (Å²) in [6.45, 7) is 11.5. The van der Waals surface area contributed by atoms with Gasteiger partial charge in [-0.25, -0.2) is 0 Å². The summed E-state index contributed by atoms with van der Waals surface area (Å²) in [5.41, 5.74) is 11.3. The first kappa shape index (κ1) is 26.2. The van der Waals surface area contributed by atoms with Crippen LogP contribution >= 0.6 is 0 Å². The third-order valence-electron chi connectivity index (χ3n) is 7.36. The maximum Gasteiger partial charge on any atom is 0.122 e. The summed E-state index contributed by atoms with van der Waals surface area (Å²) in [6.07, 6.45) is 1.82. The molecule has 4 heteroatoms. The SMILES string of the molecule is Cc1cc(Cc2cc(Cc3cc(C)c(O)c(Cc4cc(C)c(O)cc4C)c3)cc(C)c2O)c(C)cc1O. The second-order valence-corrected chi connectivity index (χ2v) is 10.5. The Morgan fingerprint density at radius 1 is 0.378 bits per heavy atom. The quantitative estimate of drug-likeness (QED) is 0.229. The van der Waals surface area contributed by atoms with E-state index in [1.807, 2.05) is 65.8 Å². The minimum absolute atomic E-state index is 0.284. The molecule has 0 aliphatic heterocycles. The molecule has 0 radical (unpaired) electrons. The van der Waals surface area contributed by atoms with E-state index in [-0.39, 0.29) is 11.5 Å². The predicted octanol–water partition coefficient (Wildman–Crippen LogP) is 7.13. The van der Waals surface area contributed by atoms with Gasteiger partial charge in [-0.05, 0) is 127 Å². The van der Waals surface area contributed by atoms with Crippen LogP contribution in [0, 0.1) is 41.5 Å². The highest BCUT2D eigenvalue weighted by molar-refractivity contribution is 5.52. The van der Waals surface area contributed by atoms with Crippen molar-refractivity contribution < 1.29 is 20.4 Å². The number of aryl methyl sites for hydroxylation is 6. The number of hydrogen-bond acceptors (Lipinski definition) is 4. The Hall–Kier alpha value is -3.92. The van der Waals surface area contributed by atoms with Crippen LogP contribution in [0.4, 0.5) is 0 Å². The van der Waals surface area contributed by atoms with Crippen LogP contribution in [0.5, 0.6) is 23.0 Å². The van der Waals surface area contributed by atoms with E-state index in [1.54, 1.807) is 12.1 Å². The Kier molecular flexibility index (Phi) is 7.22. The molecule has 0 aliphatic rings. The van der Waals surface area contributed by atoms with Crippen molar-refractivity contribution in [3.63, 3.8) is 0 Å². The number of rotatable bonds is 6. The fraction of sp³-hybridized carbons (Fsp3) is 0.273. The van der Waals surface area contributed by atoms with E-state index in [0.29, 0.717) is 30.8 Å². The largest absolute Gasteiger partial charge is 0.508 e. The molecule has 4 nitrogen and oxygen atoms in total. The molecule has 0 aromatic heterocycles. The predicted molar refractivity (Wildman–Crippen MR) is 149 cm³/mol. The summed E-state index contributed by atoms with van der Waals surface area (Å²) in [5.74, 6) is 1.17. The summed E-state index contributed by atoms with van der Waals surface area (Å²) in [6, 6.07) is 15.7. The fourth-order valence-corrected chi connectivity index (χ4v) is 5.09. The van der Waals surface area contributed by atoms with Crippen LogP contribution < -0.4 is 0 Å². The van der Waals surface area contributed by atoms with Crippen LogP contribution in [0.2, 0.25) is 0 Å². The molecule has 0 saturated carbocycles. The zero-order chi connectivity index (χ0) is 27.0. The van der Waals surface area contributed by atoms with Gasteiger partial charge in [0, 0.05) is 12.8 Å². The van der Waals surface area contributed by atoms with Crippen molar-refractivity contribution in [3.05, 3.63) is 115 Å². The molecule has 0 spiro atoms.